The minimum atomic E-state index is -3.05. The molecule has 1 aliphatic rings. The molecule has 0 spiro atoms. The fraction of sp³-hybridized carbons (Fsp3) is 0.429. The normalized spacial score (nSPS) is 18.8. The molecule has 1 saturated heterocycles. The Morgan fingerprint density at radius 1 is 1.29 bits per heavy atom. The number of carbonyl (C=O) groups is 1. The summed E-state index contributed by atoms with van der Waals surface area (Å²) in [5, 5.41) is 4.76. The van der Waals surface area contributed by atoms with Crippen molar-refractivity contribution in [2.75, 3.05) is 17.3 Å². The average Bonchev–Trinajstić information content (AvgIpc) is 3.51. The number of nitrogens with zero attached hydrogens (tertiary/aromatic N) is 2. The minimum absolute atomic E-state index is 0.00589. The quantitative estimate of drug-likeness (QED) is 0.455. The first kappa shape index (κ1) is 22.6. The van der Waals surface area contributed by atoms with Crippen molar-refractivity contribution in [3.05, 3.63) is 35.0 Å². The first-order valence-corrected chi connectivity index (χ1v) is 14.8. The molecule has 0 saturated carbocycles. The second-order valence-corrected chi connectivity index (χ2v) is 12.7. The Hall–Kier alpha value is -1.62. The van der Waals surface area contributed by atoms with Gasteiger partial charge in [-0.15, -0.1) is 22.7 Å². The first-order valence-electron chi connectivity index (χ1n) is 10.2. The number of aromatic nitrogens is 2. The van der Waals surface area contributed by atoms with E-state index in [-0.39, 0.29) is 35.2 Å². The van der Waals surface area contributed by atoms with E-state index >= 15 is 0 Å². The topological polar surface area (TPSA) is 83.1 Å². The van der Waals surface area contributed by atoms with Gasteiger partial charge in [0.1, 0.15) is 5.69 Å². The Bertz CT molecular complexity index is 1070. The summed E-state index contributed by atoms with van der Waals surface area (Å²) in [6.07, 6.45) is 1.31. The number of sulfone groups is 1. The Kier molecular flexibility index (Phi) is 6.90. The van der Waals surface area contributed by atoms with Gasteiger partial charge in [-0.1, -0.05) is 30.8 Å². The van der Waals surface area contributed by atoms with Crippen LogP contribution in [0.15, 0.2) is 40.2 Å². The number of thiophene rings is 2. The zero-order chi connectivity index (χ0) is 22.0. The fourth-order valence-corrected chi connectivity index (χ4v) is 7.71. The van der Waals surface area contributed by atoms with Gasteiger partial charge in [-0.2, -0.15) is 0 Å². The van der Waals surface area contributed by atoms with Crippen molar-refractivity contribution in [2.24, 2.45) is 0 Å². The van der Waals surface area contributed by atoms with E-state index < -0.39 is 9.84 Å². The fourth-order valence-electron chi connectivity index (χ4n) is 3.82. The highest BCUT2D eigenvalue weighted by Crippen LogP contribution is 2.37. The zero-order valence-electron chi connectivity index (χ0n) is 17.4. The standard InChI is InChI=1S/C21H25N3O3S4/c1-3-14(2)24(15-8-11-31(26,27)13-15)18(25)12-30-21-22-19(16-6-4-9-28-16)20(23-21)17-7-5-10-29-17/h4-7,9-10,14-15H,3,8,11-13H2,1-2H3,(H,22,23)/t14-,15-/m0/s1. The lowest BCUT2D eigenvalue weighted by Gasteiger charge is -2.33. The maximum absolute atomic E-state index is 13.1. The Labute approximate surface area is 195 Å². The molecule has 3 aromatic heterocycles. The van der Waals surface area contributed by atoms with Crippen LogP contribution in [0.5, 0.6) is 0 Å². The molecule has 0 radical (unpaired) electrons. The van der Waals surface area contributed by atoms with Crippen LogP contribution in [0.4, 0.5) is 0 Å². The van der Waals surface area contributed by atoms with E-state index in [0.29, 0.717) is 11.6 Å². The lowest BCUT2D eigenvalue weighted by atomic mass is 10.1. The molecule has 1 aliphatic heterocycles. The molecule has 0 unspecified atom stereocenters. The minimum Gasteiger partial charge on any atom is -0.335 e. The van der Waals surface area contributed by atoms with E-state index in [4.69, 9.17) is 4.98 Å². The van der Waals surface area contributed by atoms with E-state index in [1.807, 2.05) is 42.8 Å². The summed E-state index contributed by atoms with van der Waals surface area (Å²) in [5.41, 5.74) is 1.86. The molecular formula is C21H25N3O3S4. The van der Waals surface area contributed by atoms with E-state index in [1.165, 1.54) is 11.8 Å². The van der Waals surface area contributed by atoms with Gasteiger partial charge in [-0.3, -0.25) is 4.79 Å². The number of H-pyrrole nitrogens is 1. The molecule has 3 aromatic rings. The van der Waals surface area contributed by atoms with Crippen molar-refractivity contribution < 1.29 is 13.2 Å². The van der Waals surface area contributed by atoms with Crippen LogP contribution in [0.2, 0.25) is 0 Å². The van der Waals surface area contributed by atoms with Gasteiger partial charge in [-0.25, -0.2) is 13.4 Å². The maximum Gasteiger partial charge on any atom is 0.233 e. The first-order chi connectivity index (χ1) is 14.9. The maximum atomic E-state index is 13.1. The van der Waals surface area contributed by atoms with Gasteiger partial charge in [0.25, 0.3) is 0 Å². The predicted molar refractivity (Wildman–Crippen MR) is 130 cm³/mol. The van der Waals surface area contributed by atoms with E-state index in [0.717, 1.165) is 27.6 Å². The van der Waals surface area contributed by atoms with Crippen molar-refractivity contribution in [2.45, 2.75) is 43.9 Å². The molecular weight excluding hydrogens is 471 g/mol. The third kappa shape index (κ3) is 5.08. The van der Waals surface area contributed by atoms with Crippen molar-refractivity contribution in [1.29, 1.82) is 0 Å². The lowest BCUT2D eigenvalue weighted by molar-refractivity contribution is -0.132. The highest BCUT2D eigenvalue weighted by molar-refractivity contribution is 7.99. The molecule has 1 amide bonds. The Morgan fingerprint density at radius 3 is 2.58 bits per heavy atom. The summed E-state index contributed by atoms with van der Waals surface area (Å²) in [6.45, 7) is 4.01. The highest BCUT2D eigenvalue weighted by Gasteiger charge is 2.36. The number of hydrogen-bond donors (Lipinski definition) is 1. The summed E-state index contributed by atoms with van der Waals surface area (Å²) < 4.78 is 23.9. The van der Waals surface area contributed by atoms with E-state index in [2.05, 4.69) is 11.1 Å². The third-order valence-electron chi connectivity index (χ3n) is 5.49. The SMILES string of the molecule is CC[C@H](C)N(C(=O)CSc1nc(-c2cccs2)c(-c2cccs2)[nH]1)[C@H]1CCS(=O)(=O)C1. The summed E-state index contributed by atoms with van der Waals surface area (Å²) in [5.74, 6) is 0.424. The predicted octanol–water partition coefficient (Wildman–Crippen LogP) is 4.77. The molecule has 1 fully saturated rings. The van der Waals surface area contributed by atoms with Crippen LogP contribution in [0.1, 0.15) is 26.7 Å². The number of amides is 1. The third-order valence-corrected chi connectivity index (χ3v) is 9.86. The number of hydrogen-bond acceptors (Lipinski definition) is 7. The summed E-state index contributed by atoms with van der Waals surface area (Å²) in [6, 6.07) is 7.89. The Morgan fingerprint density at radius 2 is 2.00 bits per heavy atom. The lowest BCUT2D eigenvalue weighted by Crippen LogP contribution is -2.47. The van der Waals surface area contributed by atoms with Crippen LogP contribution in [-0.2, 0) is 14.6 Å². The molecule has 2 atom stereocenters. The smallest absolute Gasteiger partial charge is 0.233 e. The van der Waals surface area contributed by atoms with Gasteiger partial charge in [0.15, 0.2) is 15.0 Å². The second kappa shape index (κ2) is 9.48. The average molecular weight is 496 g/mol. The summed E-state index contributed by atoms with van der Waals surface area (Å²) >= 11 is 4.65. The van der Waals surface area contributed by atoms with Crippen molar-refractivity contribution in [3.63, 3.8) is 0 Å². The number of nitrogens with one attached hydrogen (secondary N) is 1. The number of imidazole rings is 1. The van der Waals surface area contributed by atoms with Crippen LogP contribution in [0.3, 0.4) is 0 Å². The molecule has 31 heavy (non-hydrogen) atoms. The number of carbonyl (C=O) groups excluding carboxylic acids is 1. The molecule has 4 rings (SSSR count). The van der Waals surface area contributed by atoms with Crippen LogP contribution in [-0.4, -0.2) is 58.5 Å². The molecule has 0 bridgehead atoms. The van der Waals surface area contributed by atoms with Gasteiger partial charge >= 0.3 is 0 Å². The van der Waals surface area contributed by atoms with Gasteiger partial charge in [0, 0.05) is 12.1 Å². The largest absolute Gasteiger partial charge is 0.335 e. The molecule has 4 heterocycles. The molecule has 1 N–H and O–H groups in total. The van der Waals surface area contributed by atoms with Crippen molar-refractivity contribution >= 4 is 50.2 Å². The molecule has 0 aliphatic carbocycles. The summed E-state index contributed by atoms with van der Waals surface area (Å²) in [7, 11) is -3.05. The van der Waals surface area contributed by atoms with Crippen molar-refractivity contribution in [1.82, 2.24) is 14.9 Å². The summed E-state index contributed by atoms with van der Waals surface area (Å²) in [4.78, 5) is 25.3. The highest BCUT2D eigenvalue weighted by atomic mass is 32.2. The van der Waals surface area contributed by atoms with Gasteiger partial charge in [0.2, 0.25) is 5.91 Å². The molecule has 10 heteroatoms. The van der Waals surface area contributed by atoms with Crippen molar-refractivity contribution in [3.8, 4) is 21.1 Å². The van der Waals surface area contributed by atoms with Gasteiger partial charge in [-0.05, 0) is 42.7 Å². The van der Waals surface area contributed by atoms with Crippen LogP contribution < -0.4 is 0 Å². The van der Waals surface area contributed by atoms with Crippen LogP contribution in [0.25, 0.3) is 21.1 Å². The number of thioether (sulfide) groups is 1. The molecule has 166 valence electrons. The van der Waals surface area contributed by atoms with Gasteiger partial charge < -0.3 is 9.88 Å². The van der Waals surface area contributed by atoms with Crippen LogP contribution >= 0.6 is 34.4 Å². The second-order valence-electron chi connectivity index (χ2n) is 7.62. The Balaban J connectivity index is 1.53. The number of rotatable bonds is 8. The van der Waals surface area contributed by atoms with Crippen LogP contribution in [0, 0.1) is 0 Å². The van der Waals surface area contributed by atoms with Gasteiger partial charge in [0.05, 0.1) is 32.7 Å². The van der Waals surface area contributed by atoms with E-state index in [1.54, 1.807) is 27.6 Å². The number of aromatic amines is 1. The van der Waals surface area contributed by atoms with E-state index in [9.17, 15) is 13.2 Å². The monoisotopic (exact) mass is 495 g/mol. The molecule has 0 aromatic carbocycles. The zero-order valence-corrected chi connectivity index (χ0v) is 20.7. The molecule has 6 nitrogen and oxygen atoms in total.